The molecule has 1 amide bonds. The van der Waals surface area contributed by atoms with E-state index in [1.54, 1.807) is 48.7 Å². The van der Waals surface area contributed by atoms with Crippen molar-refractivity contribution in [1.29, 1.82) is 0 Å². The van der Waals surface area contributed by atoms with Crippen molar-refractivity contribution in [3.63, 3.8) is 0 Å². The number of aromatic nitrogens is 3. The number of aliphatic carboxylic acids is 1. The molecular weight excluding hydrogens is 412 g/mol. The summed E-state index contributed by atoms with van der Waals surface area (Å²) in [7, 11) is 1.50. The second kappa shape index (κ2) is 11.3. The Labute approximate surface area is 184 Å². The molecule has 0 aliphatic carbocycles. The molecule has 0 fully saturated rings. The SMILES string of the molecule is COc1cc(C#CCOCCCC(=O)O)ccc1NC(=O)c1cccc(-c2ccn[nH]2)n1. The molecule has 32 heavy (non-hydrogen) atoms. The number of nitrogens with zero attached hydrogens (tertiary/aromatic N) is 2. The van der Waals surface area contributed by atoms with Gasteiger partial charge in [-0.15, -0.1) is 0 Å². The van der Waals surface area contributed by atoms with Crippen LogP contribution in [0, 0.1) is 11.8 Å². The number of ether oxygens (including phenoxy) is 2. The highest BCUT2D eigenvalue weighted by atomic mass is 16.5. The van der Waals surface area contributed by atoms with Crippen molar-refractivity contribution < 1.29 is 24.2 Å². The number of methoxy groups -OCH3 is 1. The largest absolute Gasteiger partial charge is 0.495 e. The van der Waals surface area contributed by atoms with Crippen molar-refractivity contribution in [2.45, 2.75) is 12.8 Å². The first-order valence-electron chi connectivity index (χ1n) is 9.81. The Hall–Kier alpha value is -4.16. The maximum atomic E-state index is 12.7. The number of hydrogen-bond donors (Lipinski definition) is 3. The Kier molecular flexibility index (Phi) is 7.95. The van der Waals surface area contributed by atoms with E-state index in [-0.39, 0.29) is 24.6 Å². The topological polar surface area (TPSA) is 126 Å². The summed E-state index contributed by atoms with van der Waals surface area (Å²) < 4.78 is 10.7. The maximum absolute atomic E-state index is 12.7. The molecule has 1 aromatic carbocycles. The molecule has 0 aliphatic rings. The molecule has 3 rings (SSSR count). The maximum Gasteiger partial charge on any atom is 0.303 e. The van der Waals surface area contributed by atoms with Gasteiger partial charge in [0.2, 0.25) is 0 Å². The Bertz CT molecular complexity index is 1130. The molecule has 0 atom stereocenters. The number of nitrogens with one attached hydrogen (secondary N) is 2. The van der Waals surface area contributed by atoms with Crippen LogP contribution in [-0.4, -0.2) is 52.5 Å². The fourth-order valence-corrected chi connectivity index (χ4v) is 2.76. The fourth-order valence-electron chi connectivity index (χ4n) is 2.76. The highest BCUT2D eigenvalue weighted by Crippen LogP contribution is 2.26. The van der Waals surface area contributed by atoms with Gasteiger partial charge in [-0.25, -0.2) is 4.98 Å². The predicted octanol–water partition coefficient (Wildman–Crippen LogP) is 2.97. The van der Waals surface area contributed by atoms with E-state index in [0.29, 0.717) is 41.4 Å². The molecular formula is C23H22N4O5. The number of H-pyrrole nitrogens is 1. The zero-order valence-corrected chi connectivity index (χ0v) is 17.4. The molecule has 9 nitrogen and oxygen atoms in total. The number of hydrogen-bond acceptors (Lipinski definition) is 6. The minimum atomic E-state index is -0.847. The zero-order valence-electron chi connectivity index (χ0n) is 17.4. The van der Waals surface area contributed by atoms with Crippen molar-refractivity contribution in [3.8, 4) is 29.0 Å². The van der Waals surface area contributed by atoms with Gasteiger partial charge in [-0.1, -0.05) is 17.9 Å². The Balaban J connectivity index is 1.62. The number of anilines is 1. The summed E-state index contributed by atoms with van der Waals surface area (Å²) in [4.78, 5) is 27.5. The second-order valence-corrected chi connectivity index (χ2v) is 6.60. The van der Waals surface area contributed by atoms with E-state index >= 15 is 0 Å². The number of benzene rings is 1. The molecule has 0 saturated heterocycles. The normalized spacial score (nSPS) is 10.2. The average molecular weight is 434 g/mol. The van der Waals surface area contributed by atoms with Crippen LogP contribution in [-0.2, 0) is 9.53 Å². The summed E-state index contributed by atoms with van der Waals surface area (Å²) in [5.41, 5.74) is 2.75. The van der Waals surface area contributed by atoms with Gasteiger partial charge in [0, 0.05) is 24.8 Å². The number of amides is 1. The standard InChI is InChI=1S/C23H22N4O5/c1-31-21-15-16(5-3-13-32-14-4-8-22(28)29)9-10-19(21)26-23(30)20-7-2-6-17(25-20)18-11-12-24-27-18/h2,6-7,9-12,15H,4,8,13-14H2,1H3,(H,24,27)(H,26,30)(H,28,29). The van der Waals surface area contributed by atoms with Crippen LogP contribution in [0.25, 0.3) is 11.4 Å². The smallest absolute Gasteiger partial charge is 0.303 e. The van der Waals surface area contributed by atoms with Crippen molar-refractivity contribution in [1.82, 2.24) is 15.2 Å². The van der Waals surface area contributed by atoms with E-state index in [0.717, 1.165) is 0 Å². The Morgan fingerprint density at radius 1 is 1.22 bits per heavy atom. The molecule has 0 spiro atoms. The molecule has 3 aromatic rings. The number of pyridine rings is 1. The lowest BCUT2D eigenvalue weighted by molar-refractivity contribution is -0.137. The van der Waals surface area contributed by atoms with Gasteiger partial charge in [-0.05, 0) is 42.8 Å². The average Bonchev–Trinajstić information content (AvgIpc) is 3.34. The zero-order chi connectivity index (χ0) is 22.8. The van der Waals surface area contributed by atoms with Crippen molar-refractivity contribution in [2.75, 3.05) is 25.6 Å². The van der Waals surface area contributed by atoms with Gasteiger partial charge in [0.15, 0.2) is 0 Å². The van der Waals surface area contributed by atoms with Gasteiger partial charge in [0.05, 0.1) is 24.2 Å². The highest BCUT2D eigenvalue weighted by molar-refractivity contribution is 6.04. The molecule has 9 heteroatoms. The van der Waals surface area contributed by atoms with Crippen LogP contribution in [0.15, 0.2) is 48.7 Å². The molecule has 164 valence electrons. The second-order valence-electron chi connectivity index (χ2n) is 6.60. The first kappa shape index (κ1) is 22.5. The minimum absolute atomic E-state index is 0.0702. The lowest BCUT2D eigenvalue weighted by atomic mass is 10.2. The minimum Gasteiger partial charge on any atom is -0.495 e. The first-order chi connectivity index (χ1) is 15.6. The summed E-state index contributed by atoms with van der Waals surface area (Å²) in [6.07, 6.45) is 2.13. The van der Waals surface area contributed by atoms with Gasteiger partial charge in [-0.2, -0.15) is 5.10 Å². The van der Waals surface area contributed by atoms with E-state index in [1.165, 1.54) is 7.11 Å². The Morgan fingerprint density at radius 3 is 2.84 bits per heavy atom. The molecule has 0 unspecified atom stereocenters. The van der Waals surface area contributed by atoms with E-state index in [2.05, 4.69) is 32.3 Å². The molecule has 0 aliphatic heterocycles. The van der Waals surface area contributed by atoms with E-state index in [9.17, 15) is 9.59 Å². The van der Waals surface area contributed by atoms with Crippen LogP contribution in [0.4, 0.5) is 5.69 Å². The van der Waals surface area contributed by atoms with Gasteiger partial charge in [-0.3, -0.25) is 14.7 Å². The number of rotatable bonds is 9. The number of aromatic amines is 1. The van der Waals surface area contributed by atoms with Gasteiger partial charge in [0.25, 0.3) is 5.91 Å². The molecule has 0 radical (unpaired) electrons. The third-order valence-electron chi connectivity index (χ3n) is 4.29. The van der Waals surface area contributed by atoms with E-state index in [4.69, 9.17) is 14.6 Å². The summed E-state index contributed by atoms with van der Waals surface area (Å²) in [6, 6.07) is 12.1. The third kappa shape index (κ3) is 6.42. The van der Waals surface area contributed by atoms with E-state index < -0.39 is 5.97 Å². The van der Waals surface area contributed by atoms with Gasteiger partial charge in [0.1, 0.15) is 18.1 Å². The first-order valence-corrected chi connectivity index (χ1v) is 9.81. The highest BCUT2D eigenvalue weighted by Gasteiger charge is 2.13. The number of carboxylic acid groups (broad SMARTS) is 1. The lowest BCUT2D eigenvalue weighted by Crippen LogP contribution is -2.14. The molecule has 2 aromatic heterocycles. The van der Waals surface area contributed by atoms with Crippen molar-refractivity contribution in [2.24, 2.45) is 0 Å². The van der Waals surface area contributed by atoms with Gasteiger partial charge < -0.3 is 19.9 Å². The number of carbonyl (C=O) groups excluding carboxylic acids is 1. The lowest BCUT2D eigenvalue weighted by Gasteiger charge is -2.10. The van der Waals surface area contributed by atoms with Crippen LogP contribution in [0.1, 0.15) is 28.9 Å². The van der Waals surface area contributed by atoms with E-state index in [1.807, 2.05) is 0 Å². The fraction of sp³-hybridized carbons (Fsp3) is 0.217. The number of carbonyl (C=O) groups is 2. The van der Waals surface area contributed by atoms with Crippen molar-refractivity contribution in [3.05, 3.63) is 59.9 Å². The monoisotopic (exact) mass is 434 g/mol. The summed E-state index contributed by atoms with van der Waals surface area (Å²) >= 11 is 0. The third-order valence-corrected chi connectivity index (χ3v) is 4.29. The van der Waals surface area contributed by atoms with Crippen LogP contribution in [0.2, 0.25) is 0 Å². The summed E-state index contributed by atoms with van der Waals surface area (Å²) in [6.45, 7) is 0.531. The molecule has 0 bridgehead atoms. The van der Waals surface area contributed by atoms with Crippen LogP contribution < -0.4 is 10.1 Å². The van der Waals surface area contributed by atoms with Crippen LogP contribution in [0.5, 0.6) is 5.75 Å². The summed E-state index contributed by atoms with van der Waals surface area (Å²) in [5.74, 6) is 5.05. The number of carboxylic acids is 1. The van der Waals surface area contributed by atoms with Crippen molar-refractivity contribution >= 4 is 17.6 Å². The van der Waals surface area contributed by atoms with Gasteiger partial charge >= 0.3 is 5.97 Å². The van der Waals surface area contributed by atoms with Crippen LogP contribution >= 0.6 is 0 Å². The molecule has 0 saturated carbocycles. The predicted molar refractivity (Wildman–Crippen MR) is 117 cm³/mol. The summed E-state index contributed by atoms with van der Waals surface area (Å²) in [5, 5.41) is 18.1. The quantitative estimate of drug-likeness (QED) is 0.349. The molecule has 2 heterocycles. The Morgan fingerprint density at radius 2 is 2.09 bits per heavy atom. The molecule has 3 N–H and O–H groups in total. The van der Waals surface area contributed by atoms with Crippen LogP contribution in [0.3, 0.4) is 0 Å².